The molecule has 2 N–H and O–H groups in total. The van der Waals surface area contributed by atoms with Crippen LogP contribution in [-0.4, -0.2) is 39.0 Å². The number of phenols is 1. The van der Waals surface area contributed by atoms with Gasteiger partial charge in [0, 0.05) is 18.4 Å². The molecule has 30 heavy (non-hydrogen) atoms. The Morgan fingerprint density at radius 1 is 1.07 bits per heavy atom. The predicted molar refractivity (Wildman–Crippen MR) is 101 cm³/mol. The van der Waals surface area contributed by atoms with Crippen LogP contribution >= 0.6 is 0 Å². The smallest absolute Gasteiger partial charge is 0.340 e. The summed E-state index contributed by atoms with van der Waals surface area (Å²) < 4.78 is 0. The van der Waals surface area contributed by atoms with Gasteiger partial charge in [-0.25, -0.2) is 9.59 Å². The van der Waals surface area contributed by atoms with Gasteiger partial charge in [-0.05, 0) is 37.3 Å². The molecule has 3 rings (SSSR count). The minimum Gasteiger partial charge on any atom is -0.508 e. The highest BCUT2D eigenvalue weighted by Gasteiger charge is 2.34. The number of carbonyl (C=O) groups excluding carboxylic acids is 3. The van der Waals surface area contributed by atoms with E-state index in [1.807, 2.05) is 0 Å². The lowest BCUT2D eigenvalue weighted by Crippen LogP contribution is -2.33. The lowest BCUT2D eigenvalue weighted by molar-refractivity contribution is -0.198. The van der Waals surface area contributed by atoms with Crippen molar-refractivity contribution in [1.29, 1.82) is 0 Å². The Hall–Kier alpha value is -4.08. The highest BCUT2D eigenvalue weighted by molar-refractivity contribution is 6.01. The molecule has 1 unspecified atom stereocenters. The van der Waals surface area contributed by atoms with E-state index in [0.29, 0.717) is 5.06 Å². The molecule has 2 aromatic rings. The first-order valence-electron chi connectivity index (χ1n) is 8.92. The van der Waals surface area contributed by atoms with Crippen LogP contribution in [0.4, 0.5) is 11.4 Å². The summed E-state index contributed by atoms with van der Waals surface area (Å²) in [5.41, 5.74) is 0.494. The first-order chi connectivity index (χ1) is 14.3. The number of benzene rings is 2. The largest absolute Gasteiger partial charge is 0.508 e. The maximum Gasteiger partial charge on any atom is 0.340 e. The monoisotopic (exact) mass is 411 g/mol. The summed E-state index contributed by atoms with van der Waals surface area (Å²) in [6.07, 6.45) is -0.0567. The van der Waals surface area contributed by atoms with E-state index >= 15 is 0 Å². The van der Waals surface area contributed by atoms with Gasteiger partial charge in [0.2, 0.25) is 0 Å². The van der Waals surface area contributed by atoms with Crippen molar-refractivity contribution >= 4 is 35.1 Å². The fraction of sp³-hybridized carbons (Fsp3) is 0.200. The lowest BCUT2D eigenvalue weighted by Gasteiger charge is -2.17. The first kappa shape index (κ1) is 20.6. The maximum absolute atomic E-state index is 12.4. The second-order valence-electron chi connectivity index (χ2n) is 6.48. The standard InChI is InChI=1S/C20H17N3O7/c1-11(20(29)30-23-17(25)8-9-18(23)26)14-10-12(6-7-16(14)24)21-22-15-5-3-2-4-13(15)19(27)28/h2-7,10-11,24H,8-9H2,1H3,(H,27,28). The molecule has 1 aliphatic heterocycles. The third kappa shape index (κ3) is 4.32. The number of aromatic carboxylic acids is 1. The Labute approximate surface area is 170 Å². The molecular formula is C20H17N3O7. The third-order valence-electron chi connectivity index (χ3n) is 4.43. The van der Waals surface area contributed by atoms with Crippen molar-refractivity contribution in [2.24, 2.45) is 10.2 Å². The van der Waals surface area contributed by atoms with E-state index in [-0.39, 0.29) is 41.1 Å². The van der Waals surface area contributed by atoms with E-state index in [2.05, 4.69) is 10.2 Å². The van der Waals surface area contributed by atoms with Gasteiger partial charge in [-0.15, -0.1) is 10.2 Å². The number of carbonyl (C=O) groups is 4. The van der Waals surface area contributed by atoms with Gasteiger partial charge in [0.25, 0.3) is 11.8 Å². The molecular weight excluding hydrogens is 394 g/mol. The van der Waals surface area contributed by atoms with Crippen LogP contribution in [0.15, 0.2) is 52.7 Å². The molecule has 0 bridgehead atoms. The minimum atomic E-state index is -1.15. The topological polar surface area (TPSA) is 146 Å². The summed E-state index contributed by atoms with van der Waals surface area (Å²) in [6.45, 7) is 1.43. The third-order valence-corrected chi connectivity index (χ3v) is 4.43. The average Bonchev–Trinajstić information content (AvgIpc) is 3.04. The van der Waals surface area contributed by atoms with Crippen LogP contribution in [0.25, 0.3) is 0 Å². The zero-order valence-electron chi connectivity index (χ0n) is 15.8. The Morgan fingerprint density at radius 2 is 1.73 bits per heavy atom. The number of aromatic hydroxyl groups is 1. The summed E-state index contributed by atoms with van der Waals surface area (Å²) in [7, 11) is 0. The van der Waals surface area contributed by atoms with E-state index in [4.69, 9.17) is 4.84 Å². The summed E-state index contributed by atoms with van der Waals surface area (Å²) in [4.78, 5) is 51.7. The number of amides is 2. The number of nitrogens with zero attached hydrogens (tertiary/aromatic N) is 3. The SMILES string of the molecule is CC(C(=O)ON1C(=O)CCC1=O)c1cc(N=Nc2ccccc2C(=O)O)ccc1O. The molecule has 1 fully saturated rings. The van der Waals surface area contributed by atoms with Gasteiger partial charge in [-0.2, -0.15) is 5.11 Å². The van der Waals surface area contributed by atoms with E-state index < -0.39 is 29.7 Å². The summed E-state index contributed by atoms with van der Waals surface area (Å²) in [5, 5.41) is 27.6. The van der Waals surface area contributed by atoms with Crippen LogP contribution in [0.5, 0.6) is 5.75 Å². The Kier molecular flexibility index (Phi) is 5.86. The molecule has 0 spiro atoms. The minimum absolute atomic E-state index is 0.0283. The number of hydrogen-bond donors (Lipinski definition) is 2. The highest BCUT2D eigenvalue weighted by atomic mass is 16.7. The molecule has 1 heterocycles. The molecule has 10 nitrogen and oxygen atoms in total. The Bertz CT molecular complexity index is 1050. The molecule has 1 atom stereocenters. The molecule has 0 aliphatic carbocycles. The van der Waals surface area contributed by atoms with E-state index in [9.17, 15) is 29.4 Å². The fourth-order valence-corrected chi connectivity index (χ4v) is 2.76. The average molecular weight is 411 g/mol. The Morgan fingerprint density at radius 3 is 2.40 bits per heavy atom. The quantitative estimate of drug-likeness (QED) is 0.548. The van der Waals surface area contributed by atoms with Crippen molar-refractivity contribution in [2.75, 3.05) is 0 Å². The van der Waals surface area contributed by atoms with Gasteiger partial charge in [0.05, 0.1) is 17.2 Å². The zero-order chi connectivity index (χ0) is 21.8. The molecule has 0 aromatic heterocycles. The van der Waals surface area contributed by atoms with Gasteiger partial charge in [-0.3, -0.25) is 9.59 Å². The van der Waals surface area contributed by atoms with Crippen molar-refractivity contribution in [3.63, 3.8) is 0 Å². The van der Waals surface area contributed by atoms with Gasteiger partial charge in [0.15, 0.2) is 0 Å². The normalized spacial score (nSPS) is 14.9. The van der Waals surface area contributed by atoms with Gasteiger partial charge in [0.1, 0.15) is 11.4 Å². The predicted octanol–water partition coefficient (Wildman–Crippen LogP) is 3.22. The first-order valence-corrected chi connectivity index (χ1v) is 8.92. The van der Waals surface area contributed by atoms with Crippen molar-refractivity contribution in [3.05, 3.63) is 53.6 Å². The van der Waals surface area contributed by atoms with Crippen molar-refractivity contribution in [2.45, 2.75) is 25.7 Å². The van der Waals surface area contributed by atoms with Crippen LogP contribution in [0.1, 0.15) is 41.6 Å². The van der Waals surface area contributed by atoms with Crippen LogP contribution in [0.2, 0.25) is 0 Å². The summed E-state index contributed by atoms with van der Waals surface area (Å²) >= 11 is 0. The van der Waals surface area contributed by atoms with E-state index in [0.717, 1.165) is 0 Å². The maximum atomic E-state index is 12.4. The molecule has 1 aliphatic rings. The van der Waals surface area contributed by atoms with Crippen LogP contribution in [-0.2, 0) is 19.2 Å². The lowest BCUT2D eigenvalue weighted by atomic mass is 10.00. The van der Waals surface area contributed by atoms with Crippen LogP contribution < -0.4 is 0 Å². The fourth-order valence-electron chi connectivity index (χ4n) is 2.76. The second kappa shape index (κ2) is 8.52. The number of phenolic OH excluding ortho intramolecular Hbond substituents is 1. The zero-order valence-corrected chi connectivity index (χ0v) is 15.8. The van der Waals surface area contributed by atoms with Crippen molar-refractivity contribution < 1.29 is 34.2 Å². The number of imide groups is 1. The summed E-state index contributed by atoms with van der Waals surface area (Å²) in [5.74, 6) is -4.51. The highest BCUT2D eigenvalue weighted by Crippen LogP contribution is 2.32. The van der Waals surface area contributed by atoms with Gasteiger partial charge >= 0.3 is 11.9 Å². The van der Waals surface area contributed by atoms with E-state index in [1.54, 1.807) is 12.1 Å². The molecule has 154 valence electrons. The summed E-state index contributed by atoms with van der Waals surface area (Å²) in [6, 6.07) is 10.1. The molecule has 2 aromatic carbocycles. The number of hydrogen-bond acceptors (Lipinski definition) is 8. The van der Waals surface area contributed by atoms with Crippen LogP contribution in [0, 0.1) is 0 Å². The number of hydroxylamine groups is 2. The van der Waals surface area contributed by atoms with Gasteiger partial charge < -0.3 is 15.1 Å². The Balaban J connectivity index is 1.81. The molecule has 10 heteroatoms. The number of carboxylic acids is 1. The molecule has 1 saturated heterocycles. The molecule has 0 radical (unpaired) electrons. The number of rotatable bonds is 6. The van der Waals surface area contributed by atoms with Gasteiger partial charge in [-0.1, -0.05) is 12.1 Å². The van der Waals surface area contributed by atoms with E-state index in [1.165, 1.54) is 37.3 Å². The van der Waals surface area contributed by atoms with Crippen molar-refractivity contribution in [3.8, 4) is 5.75 Å². The number of carboxylic acid groups (broad SMARTS) is 1. The number of azo groups is 1. The molecule has 2 amide bonds. The second-order valence-corrected chi connectivity index (χ2v) is 6.48. The van der Waals surface area contributed by atoms with Crippen LogP contribution in [0.3, 0.4) is 0 Å². The molecule has 0 saturated carbocycles. The van der Waals surface area contributed by atoms with Crippen molar-refractivity contribution in [1.82, 2.24) is 5.06 Å².